The van der Waals surface area contributed by atoms with Gasteiger partial charge in [0.25, 0.3) is 0 Å². The summed E-state index contributed by atoms with van der Waals surface area (Å²) in [6.07, 6.45) is 5.11. The Balaban J connectivity index is 1.46. The lowest BCUT2D eigenvalue weighted by Gasteiger charge is -2.17. The van der Waals surface area contributed by atoms with Gasteiger partial charge < -0.3 is 10.2 Å². The van der Waals surface area contributed by atoms with Crippen LogP contribution in [-0.2, 0) is 17.8 Å². The van der Waals surface area contributed by atoms with E-state index in [0.717, 1.165) is 26.1 Å². The van der Waals surface area contributed by atoms with Gasteiger partial charge in [-0.05, 0) is 29.7 Å². The molecule has 1 atom stereocenters. The molecular weight excluding hydrogens is 274 g/mol. The average Bonchev–Trinajstić information content (AvgIpc) is 2.93. The van der Waals surface area contributed by atoms with Crippen molar-refractivity contribution in [3.05, 3.63) is 66.0 Å². The van der Waals surface area contributed by atoms with E-state index in [2.05, 4.69) is 22.4 Å². The van der Waals surface area contributed by atoms with Gasteiger partial charge >= 0.3 is 0 Å². The maximum absolute atomic E-state index is 12.1. The number of hydrogen-bond donors (Lipinski definition) is 1. The lowest BCUT2D eigenvalue weighted by Crippen LogP contribution is -2.33. The summed E-state index contributed by atoms with van der Waals surface area (Å²) >= 11 is 0. The summed E-state index contributed by atoms with van der Waals surface area (Å²) in [5.74, 6) is 0.253. The highest BCUT2D eigenvalue weighted by molar-refractivity contribution is 5.79. The Labute approximate surface area is 131 Å². The number of nitrogens with one attached hydrogen (secondary N) is 1. The highest BCUT2D eigenvalue weighted by Crippen LogP contribution is 2.13. The first-order valence-corrected chi connectivity index (χ1v) is 7.75. The third-order valence-electron chi connectivity index (χ3n) is 4.07. The van der Waals surface area contributed by atoms with E-state index >= 15 is 0 Å². The highest BCUT2D eigenvalue weighted by atomic mass is 16.2. The minimum absolute atomic E-state index is 0.247. The lowest BCUT2D eigenvalue weighted by atomic mass is 10.1. The Bertz CT molecular complexity index is 600. The van der Waals surface area contributed by atoms with Crippen molar-refractivity contribution < 1.29 is 4.79 Å². The Morgan fingerprint density at radius 1 is 1.09 bits per heavy atom. The zero-order valence-electron chi connectivity index (χ0n) is 12.6. The molecule has 2 aromatic rings. The van der Waals surface area contributed by atoms with Crippen LogP contribution >= 0.6 is 0 Å². The number of aromatic nitrogens is 1. The van der Waals surface area contributed by atoms with Gasteiger partial charge in [0.1, 0.15) is 0 Å². The number of amides is 1. The molecule has 4 heteroatoms. The van der Waals surface area contributed by atoms with E-state index in [4.69, 9.17) is 0 Å². The van der Waals surface area contributed by atoms with Crippen LogP contribution in [0.3, 0.4) is 0 Å². The van der Waals surface area contributed by atoms with Crippen LogP contribution in [0.2, 0.25) is 0 Å². The molecule has 4 nitrogen and oxygen atoms in total. The van der Waals surface area contributed by atoms with Crippen LogP contribution in [-0.4, -0.2) is 34.9 Å². The van der Waals surface area contributed by atoms with Gasteiger partial charge in [-0.25, -0.2) is 0 Å². The lowest BCUT2D eigenvalue weighted by molar-refractivity contribution is -0.127. The molecule has 1 aromatic carbocycles. The maximum atomic E-state index is 12.1. The van der Waals surface area contributed by atoms with Crippen LogP contribution in [0.5, 0.6) is 0 Å². The van der Waals surface area contributed by atoms with Crippen molar-refractivity contribution in [2.45, 2.75) is 25.4 Å². The number of carbonyl (C=O) groups is 1. The fraction of sp³-hybridized carbons (Fsp3) is 0.333. The molecular formula is C18H21N3O. The summed E-state index contributed by atoms with van der Waals surface area (Å²) < 4.78 is 0. The van der Waals surface area contributed by atoms with Gasteiger partial charge in [-0.15, -0.1) is 0 Å². The topological polar surface area (TPSA) is 45.2 Å². The molecule has 0 unspecified atom stereocenters. The molecule has 1 N–H and O–H groups in total. The van der Waals surface area contributed by atoms with E-state index in [9.17, 15) is 4.79 Å². The van der Waals surface area contributed by atoms with E-state index in [1.54, 1.807) is 12.4 Å². The van der Waals surface area contributed by atoms with Gasteiger partial charge in [-0.1, -0.05) is 30.3 Å². The van der Waals surface area contributed by atoms with Crippen molar-refractivity contribution in [1.82, 2.24) is 15.2 Å². The van der Waals surface area contributed by atoms with Crippen molar-refractivity contribution in [1.29, 1.82) is 0 Å². The molecule has 22 heavy (non-hydrogen) atoms. The number of hydrogen-bond acceptors (Lipinski definition) is 3. The van der Waals surface area contributed by atoms with E-state index < -0.39 is 0 Å². The minimum Gasteiger partial charge on any atom is -0.341 e. The van der Waals surface area contributed by atoms with Crippen LogP contribution in [0.4, 0.5) is 0 Å². The molecule has 1 aliphatic heterocycles. The Kier molecular flexibility index (Phi) is 4.81. The molecule has 0 radical (unpaired) electrons. The summed E-state index contributed by atoms with van der Waals surface area (Å²) in [6.45, 7) is 2.39. The van der Waals surface area contributed by atoms with Crippen LogP contribution in [0.15, 0.2) is 54.9 Å². The Hall–Kier alpha value is -2.20. The van der Waals surface area contributed by atoms with E-state index in [-0.39, 0.29) is 11.9 Å². The number of likely N-dealkylation sites (tertiary alicyclic amines) is 1. The molecule has 1 fully saturated rings. The Morgan fingerprint density at radius 3 is 2.64 bits per heavy atom. The summed E-state index contributed by atoms with van der Waals surface area (Å²) in [7, 11) is 0. The maximum Gasteiger partial charge on any atom is 0.224 e. The second-order valence-corrected chi connectivity index (χ2v) is 5.71. The smallest absolute Gasteiger partial charge is 0.224 e. The third-order valence-corrected chi connectivity index (χ3v) is 4.07. The zero-order valence-corrected chi connectivity index (χ0v) is 12.6. The Morgan fingerprint density at radius 2 is 1.86 bits per heavy atom. The standard InChI is InChI=1S/C18H21N3O/c22-18-12-17(20-13-16-6-9-19-10-7-16)14-21(18)11-8-15-4-2-1-3-5-15/h1-7,9-10,17,20H,8,11-14H2/t17-/m0/s1. The molecule has 0 aliphatic carbocycles. The minimum atomic E-state index is 0.247. The largest absolute Gasteiger partial charge is 0.341 e. The summed E-state index contributed by atoms with van der Waals surface area (Å²) in [5, 5.41) is 3.47. The van der Waals surface area contributed by atoms with E-state index in [1.807, 2.05) is 35.2 Å². The van der Waals surface area contributed by atoms with Gasteiger partial charge in [-0.3, -0.25) is 9.78 Å². The molecule has 0 saturated carbocycles. The first-order chi connectivity index (χ1) is 10.8. The van der Waals surface area contributed by atoms with Crippen molar-refractivity contribution in [2.75, 3.05) is 13.1 Å². The van der Waals surface area contributed by atoms with Crippen molar-refractivity contribution in [2.24, 2.45) is 0 Å². The predicted molar refractivity (Wildman–Crippen MR) is 86.2 cm³/mol. The summed E-state index contributed by atoms with van der Waals surface area (Å²) in [6, 6.07) is 14.6. The average molecular weight is 295 g/mol. The second kappa shape index (κ2) is 7.18. The van der Waals surface area contributed by atoms with Gasteiger partial charge in [0.05, 0.1) is 0 Å². The predicted octanol–water partition coefficient (Wildman–Crippen LogP) is 2.01. The number of rotatable bonds is 6. The molecule has 1 saturated heterocycles. The summed E-state index contributed by atoms with van der Waals surface area (Å²) in [5.41, 5.74) is 2.48. The van der Waals surface area contributed by atoms with E-state index in [1.165, 1.54) is 11.1 Å². The molecule has 0 bridgehead atoms. The monoisotopic (exact) mass is 295 g/mol. The molecule has 1 amide bonds. The number of nitrogens with zero attached hydrogens (tertiary/aromatic N) is 2. The number of carbonyl (C=O) groups excluding carboxylic acids is 1. The quantitative estimate of drug-likeness (QED) is 0.887. The molecule has 0 spiro atoms. The van der Waals surface area contributed by atoms with Gasteiger partial charge in [-0.2, -0.15) is 0 Å². The molecule has 3 rings (SSSR count). The van der Waals surface area contributed by atoms with Crippen LogP contribution in [0.1, 0.15) is 17.5 Å². The summed E-state index contributed by atoms with van der Waals surface area (Å²) in [4.78, 5) is 18.1. The van der Waals surface area contributed by atoms with Crippen molar-refractivity contribution in [3.8, 4) is 0 Å². The number of pyridine rings is 1. The normalized spacial score (nSPS) is 17.9. The highest BCUT2D eigenvalue weighted by Gasteiger charge is 2.28. The molecule has 2 heterocycles. The first kappa shape index (κ1) is 14.7. The van der Waals surface area contributed by atoms with Gasteiger partial charge in [0.2, 0.25) is 5.91 Å². The molecule has 114 valence electrons. The van der Waals surface area contributed by atoms with E-state index in [0.29, 0.717) is 6.42 Å². The van der Waals surface area contributed by atoms with Crippen LogP contribution in [0.25, 0.3) is 0 Å². The van der Waals surface area contributed by atoms with Gasteiger partial charge in [0.15, 0.2) is 0 Å². The SMILES string of the molecule is O=C1C[C@H](NCc2ccncc2)CN1CCc1ccccc1. The first-order valence-electron chi connectivity index (χ1n) is 7.75. The molecule has 1 aromatic heterocycles. The fourth-order valence-corrected chi connectivity index (χ4v) is 2.80. The third kappa shape index (κ3) is 3.92. The fourth-order valence-electron chi connectivity index (χ4n) is 2.80. The molecule has 1 aliphatic rings. The van der Waals surface area contributed by atoms with Crippen molar-refractivity contribution in [3.63, 3.8) is 0 Å². The zero-order chi connectivity index (χ0) is 15.2. The van der Waals surface area contributed by atoms with Crippen molar-refractivity contribution >= 4 is 5.91 Å². The second-order valence-electron chi connectivity index (χ2n) is 5.71. The van der Waals surface area contributed by atoms with Gasteiger partial charge in [0, 0.05) is 44.5 Å². The van der Waals surface area contributed by atoms with Crippen LogP contribution < -0.4 is 5.32 Å². The number of benzene rings is 1. The van der Waals surface area contributed by atoms with Crippen LogP contribution in [0, 0.1) is 0 Å².